The molecule has 4 atom stereocenters. The van der Waals surface area contributed by atoms with Gasteiger partial charge in [0, 0.05) is 48.2 Å². The number of anilines is 1. The van der Waals surface area contributed by atoms with Crippen molar-refractivity contribution in [2.75, 3.05) is 38.2 Å². The van der Waals surface area contributed by atoms with Crippen molar-refractivity contribution in [2.45, 2.75) is 69.7 Å². The van der Waals surface area contributed by atoms with E-state index in [9.17, 15) is 14.6 Å². The maximum Gasteiger partial charge on any atom is 0.319 e. The molecule has 47 heavy (non-hydrogen) atoms. The third-order valence-electron chi connectivity index (χ3n) is 10.2. The predicted molar refractivity (Wildman–Crippen MR) is 174 cm³/mol. The molecule has 4 aromatic rings. The molecule has 4 heterocycles. The number of aliphatic hydroxyl groups is 1. The van der Waals surface area contributed by atoms with Crippen LogP contribution in [0, 0.1) is 29.4 Å². The van der Waals surface area contributed by atoms with Crippen molar-refractivity contribution in [1.29, 1.82) is 0 Å². The zero-order valence-electron chi connectivity index (χ0n) is 26.8. The van der Waals surface area contributed by atoms with Crippen LogP contribution in [0.25, 0.3) is 32.9 Å². The molecule has 2 aromatic heterocycles. The summed E-state index contributed by atoms with van der Waals surface area (Å²) in [6, 6.07) is 5.45. The van der Waals surface area contributed by atoms with Crippen LogP contribution in [-0.4, -0.2) is 80.7 Å². The number of hydrogen-bond acceptors (Lipinski definition) is 8. The quantitative estimate of drug-likeness (QED) is 0.250. The number of pyridine rings is 1. The second-order valence-electron chi connectivity index (χ2n) is 14.3. The number of phenols is 1. The van der Waals surface area contributed by atoms with E-state index in [0.717, 1.165) is 19.3 Å². The third-order valence-corrected chi connectivity index (χ3v) is 10.2. The first-order chi connectivity index (χ1) is 22.3. The minimum Gasteiger partial charge on any atom is -0.508 e. The Morgan fingerprint density at radius 2 is 1.94 bits per heavy atom. The van der Waals surface area contributed by atoms with Gasteiger partial charge in [-0.05, 0) is 76.6 Å². The minimum absolute atomic E-state index is 0.0706. The van der Waals surface area contributed by atoms with Crippen molar-refractivity contribution in [3.63, 3.8) is 0 Å². The van der Waals surface area contributed by atoms with Crippen molar-refractivity contribution in [3.8, 4) is 35.4 Å². The Morgan fingerprint density at radius 3 is 2.70 bits per heavy atom. The van der Waals surface area contributed by atoms with E-state index in [1.165, 1.54) is 30.5 Å². The molecule has 0 radical (unpaired) electrons. The Labute approximate surface area is 271 Å². The molecule has 0 bridgehead atoms. The largest absolute Gasteiger partial charge is 0.508 e. The van der Waals surface area contributed by atoms with Crippen molar-refractivity contribution in [3.05, 3.63) is 47.7 Å². The molecule has 1 aliphatic carbocycles. The molecule has 2 aliphatic heterocycles. The van der Waals surface area contributed by atoms with E-state index in [-0.39, 0.29) is 58.7 Å². The summed E-state index contributed by atoms with van der Waals surface area (Å²) >= 11 is 0. The van der Waals surface area contributed by atoms with Gasteiger partial charge in [0.1, 0.15) is 34.3 Å². The number of likely N-dealkylation sites (tertiary alicyclic amines) is 1. The number of ether oxygens (including phenoxy) is 1. The first-order valence-electron chi connectivity index (χ1n) is 16.1. The topological polar surface area (TPSA) is 94.8 Å². The molecule has 11 heteroatoms. The number of fused-ring (bicyclic) bond motifs is 3. The lowest BCUT2D eigenvalue weighted by molar-refractivity contribution is -0.0648. The van der Waals surface area contributed by atoms with Crippen LogP contribution in [0.4, 0.5) is 19.0 Å². The summed E-state index contributed by atoms with van der Waals surface area (Å²) in [5, 5.41) is 22.4. The summed E-state index contributed by atoms with van der Waals surface area (Å²) in [5.41, 5.74) is -3.08. The average molecular weight is 646 g/mol. The van der Waals surface area contributed by atoms with Gasteiger partial charge in [-0.1, -0.05) is 18.4 Å². The number of aromatic hydroxyl groups is 1. The fourth-order valence-electron chi connectivity index (χ4n) is 8.53. The summed E-state index contributed by atoms with van der Waals surface area (Å²) in [7, 11) is 1.95. The van der Waals surface area contributed by atoms with Crippen LogP contribution in [0.2, 0.25) is 0 Å². The number of terminal acetylenes is 1. The van der Waals surface area contributed by atoms with E-state index in [1.54, 1.807) is 13.8 Å². The van der Waals surface area contributed by atoms with E-state index in [1.807, 2.05) is 11.9 Å². The van der Waals surface area contributed by atoms with Crippen molar-refractivity contribution in [2.24, 2.45) is 5.41 Å². The molecule has 8 nitrogen and oxygen atoms in total. The van der Waals surface area contributed by atoms with Gasteiger partial charge in [-0.15, -0.1) is 6.42 Å². The molecule has 2 N–H and O–H groups in total. The Hall–Kier alpha value is -4.14. The van der Waals surface area contributed by atoms with Gasteiger partial charge in [0.05, 0.1) is 23.2 Å². The van der Waals surface area contributed by atoms with Crippen LogP contribution < -0.4 is 9.64 Å². The lowest BCUT2D eigenvalue weighted by Gasteiger charge is -2.49. The third kappa shape index (κ3) is 5.51. The molecule has 4 unspecified atom stereocenters. The smallest absolute Gasteiger partial charge is 0.319 e. The van der Waals surface area contributed by atoms with Gasteiger partial charge in [0.2, 0.25) is 0 Å². The highest BCUT2D eigenvalue weighted by Gasteiger charge is 2.54. The SMILES string of the molecule is C#Cc1c(F)ccc2cc(O)cc(-c3ncc4c(N5CCCC(C)(O)C5)nc(OCC56CCCC5N(C)CC(C)(F)C6)nc4c3F)c12. The average Bonchev–Trinajstić information content (AvgIpc) is 3.43. The maximum absolute atomic E-state index is 16.8. The summed E-state index contributed by atoms with van der Waals surface area (Å²) in [5.74, 6) is 1.05. The molecule has 7 rings (SSSR count). The van der Waals surface area contributed by atoms with Crippen molar-refractivity contribution < 1.29 is 28.1 Å². The fraction of sp³-hybridized carbons (Fsp3) is 0.472. The number of β-amino-alcohol motifs (C(OH)–C–C–N with tert-alkyl or cyclic N) is 1. The van der Waals surface area contributed by atoms with Crippen LogP contribution in [-0.2, 0) is 0 Å². The highest BCUT2D eigenvalue weighted by molar-refractivity contribution is 6.03. The van der Waals surface area contributed by atoms with Gasteiger partial charge in [-0.3, -0.25) is 9.88 Å². The second kappa shape index (κ2) is 11.2. The Balaban J connectivity index is 1.38. The van der Waals surface area contributed by atoms with Gasteiger partial charge in [0.15, 0.2) is 5.82 Å². The van der Waals surface area contributed by atoms with E-state index in [2.05, 4.69) is 20.8 Å². The van der Waals surface area contributed by atoms with E-state index in [0.29, 0.717) is 48.9 Å². The maximum atomic E-state index is 16.8. The predicted octanol–water partition coefficient (Wildman–Crippen LogP) is 6.14. The van der Waals surface area contributed by atoms with Crippen LogP contribution in [0.5, 0.6) is 11.8 Å². The van der Waals surface area contributed by atoms with Gasteiger partial charge in [0.25, 0.3) is 0 Å². The number of hydrogen-bond donors (Lipinski definition) is 2. The van der Waals surface area contributed by atoms with Crippen LogP contribution in [0.1, 0.15) is 57.9 Å². The Morgan fingerprint density at radius 1 is 1.13 bits per heavy atom. The van der Waals surface area contributed by atoms with Gasteiger partial charge in [-0.2, -0.15) is 9.97 Å². The second-order valence-corrected chi connectivity index (χ2v) is 14.3. The number of aromatic nitrogens is 3. The van der Waals surface area contributed by atoms with Crippen molar-refractivity contribution in [1.82, 2.24) is 19.9 Å². The first kappa shape index (κ1) is 31.5. The summed E-state index contributed by atoms with van der Waals surface area (Å²) in [4.78, 5) is 17.7. The van der Waals surface area contributed by atoms with Gasteiger partial charge < -0.3 is 19.8 Å². The number of nitrogens with zero attached hydrogens (tertiary/aromatic N) is 5. The molecular formula is C36H38F3N5O3. The molecule has 1 saturated carbocycles. The summed E-state index contributed by atoms with van der Waals surface area (Å²) in [6.07, 6.45) is 11.4. The summed E-state index contributed by atoms with van der Waals surface area (Å²) in [6.45, 7) is 4.69. The number of benzene rings is 2. The fourth-order valence-corrected chi connectivity index (χ4v) is 8.53. The van der Waals surface area contributed by atoms with Crippen LogP contribution in [0.3, 0.4) is 0 Å². The summed E-state index contributed by atoms with van der Waals surface area (Å²) < 4.78 is 53.5. The highest BCUT2D eigenvalue weighted by atomic mass is 19.1. The number of rotatable bonds is 5. The normalized spacial score (nSPS) is 28.0. The van der Waals surface area contributed by atoms with Crippen LogP contribution in [0.15, 0.2) is 30.5 Å². The molecule has 2 aromatic carbocycles. The molecule has 0 spiro atoms. The van der Waals surface area contributed by atoms with E-state index >= 15 is 8.78 Å². The molecule has 0 amide bonds. The first-order valence-corrected chi connectivity index (χ1v) is 16.1. The van der Waals surface area contributed by atoms with Gasteiger partial charge >= 0.3 is 6.01 Å². The highest BCUT2D eigenvalue weighted by Crippen LogP contribution is 2.51. The molecule has 3 fully saturated rings. The molecular weight excluding hydrogens is 607 g/mol. The minimum atomic E-state index is -1.39. The van der Waals surface area contributed by atoms with Gasteiger partial charge in [-0.25, -0.2) is 13.2 Å². The zero-order chi connectivity index (χ0) is 33.3. The number of alkyl halides is 1. The van der Waals surface area contributed by atoms with Crippen LogP contribution >= 0.6 is 0 Å². The number of phenolic OH excluding ortho intramolecular Hbond substituents is 1. The lowest BCUT2D eigenvalue weighted by atomic mass is 9.71. The standard InChI is InChI=1S/C36H38F3N5O3/c1-5-23-26(37)10-9-21-14-22(45)15-24(28(21)23)30-29(38)31-25(16-40-30)32(44-13-7-11-35(3,46)19-44)42-33(41-31)47-20-36-12-6-8-27(36)43(4)18-34(2,39)17-36/h1,9-10,14-16,27,45-46H,6-8,11-13,17-20H2,2-4H3. The van der Waals surface area contributed by atoms with Crippen molar-refractivity contribution >= 4 is 27.5 Å². The number of halogens is 3. The lowest BCUT2D eigenvalue weighted by Crippen LogP contribution is -2.58. The molecule has 246 valence electrons. The van der Waals surface area contributed by atoms with E-state index < -0.39 is 28.3 Å². The zero-order valence-corrected chi connectivity index (χ0v) is 26.8. The monoisotopic (exact) mass is 645 g/mol. The Bertz CT molecular complexity index is 1940. The molecule has 2 saturated heterocycles. The van der Waals surface area contributed by atoms with E-state index in [4.69, 9.17) is 16.1 Å². The molecule has 3 aliphatic rings. The Kier molecular flexibility index (Phi) is 7.52. The number of piperidine rings is 2.